The fourth-order valence-corrected chi connectivity index (χ4v) is 5.75. The molecule has 150 valence electrons. The Morgan fingerprint density at radius 2 is 1.89 bits per heavy atom. The fraction of sp³-hybridized carbons (Fsp3) is 0.381. The third-order valence-electron chi connectivity index (χ3n) is 4.39. The Labute approximate surface area is 171 Å². The number of aryl methyl sites for hydroxylation is 1. The number of hydrogen-bond donors (Lipinski definition) is 0. The van der Waals surface area contributed by atoms with Crippen molar-refractivity contribution in [3.63, 3.8) is 0 Å². The van der Waals surface area contributed by atoms with Crippen molar-refractivity contribution >= 4 is 21.4 Å². The lowest BCUT2D eigenvalue weighted by Gasteiger charge is -2.23. The van der Waals surface area contributed by atoms with Gasteiger partial charge in [-0.05, 0) is 30.5 Å². The highest BCUT2D eigenvalue weighted by molar-refractivity contribution is 7.88. The maximum atomic E-state index is 13.1. The van der Waals surface area contributed by atoms with Gasteiger partial charge < -0.3 is 0 Å². The average molecular weight is 418 g/mol. The Morgan fingerprint density at radius 1 is 1.14 bits per heavy atom. The molecular weight excluding hydrogens is 390 g/mol. The summed E-state index contributed by atoms with van der Waals surface area (Å²) in [6, 6.07) is 13.4. The molecule has 0 unspecified atom stereocenters. The van der Waals surface area contributed by atoms with Gasteiger partial charge in [0.15, 0.2) is 0 Å². The fourth-order valence-electron chi connectivity index (χ4n) is 3.02. The van der Waals surface area contributed by atoms with Crippen LogP contribution in [0.25, 0.3) is 10.4 Å². The van der Waals surface area contributed by atoms with Crippen molar-refractivity contribution < 1.29 is 8.42 Å². The Kier molecular flexibility index (Phi) is 6.69. The quantitative estimate of drug-likeness (QED) is 0.510. The third kappa shape index (κ3) is 5.31. The maximum absolute atomic E-state index is 13.1. The summed E-state index contributed by atoms with van der Waals surface area (Å²) >= 11 is 1.63. The molecule has 0 saturated carbocycles. The number of rotatable bonds is 9. The molecule has 0 radical (unpaired) electrons. The zero-order chi connectivity index (χ0) is 20.1. The van der Waals surface area contributed by atoms with Crippen LogP contribution in [-0.4, -0.2) is 29.0 Å². The molecule has 0 aliphatic rings. The van der Waals surface area contributed by atoms with Crippen molar-refractivity contribution in [2.45, 2.75) is 39.6 Å². The molecular formula is C21H27N3O2S2. The maximum Gasteiger partial charge on any atom is 0.218 e. The van der Waals surface area contributed by atoms with E-state index in [1.807, 2.05) is 73.4 Å². The van der Waals surface area contributed by atoms with Crippen molar-refractivity contribution in [2.24, 2.45) is 5.92 Å². The predicted molar refractivity (Wildman–Crippen MR) is 116 cm³/mol. The van der Waals surface area contributed by atoms with E-state index in [9.17, 15) is 8.42 Å². The summed E-state index contributed by atoms with van der Waals surface area (Å²) in [6.07, 6.45) is 3.88. The van der Waals surface area contributed by atoms with E-state index in [0.29, 0.717) is 13.1 Å². The van der Waals surface area contributed by atoms with Crippen LogP contribution < -0.4 is 0 Å². The summed E-state index contributed by atoms with van der Waals surface area (Å²) in [7, 11) is -3.40. The van der Waals surface area contributed by atoms with Gasteiger partial charge in [-0.1, -0.05) is 44.2 Å². The first-order valence-corrected chi connectivity index (χ1v) is 11.9. The van der Waals surface area contributed by atoms with Crippen LogP contribution in [0.3, 0.4) is 0 Å². The molecule has 0 atom stereocenters. The van der Waals surface area contributed by atoms with Gasteiger partial charge in [0.25, 0.3) is 0 Å². The number of aromatic nitrogens is 2. The molecule has 5 nitrogen and oxygen atoms in total. The number of sulfonamides is 1. The highest BCUT2D eigenvalue weighted by atomic mass is 32.2. The normalized spacial score (nSPS) is 12.2. The van der Waals surface area contributed by atoms with Crippen molar-refractivity contribution in [1.82, 2.24) is 14.1 Å². The van der Waals surface area contributed by atoms with Crippen molar-refractivity contribution in [3.8, 4) is 10.4 Å². The van der Waals surface area contributed by atoms with Crippen molar-refractivity contribution in [2.75, 3.05) is 6.54 Å². The van der Waals surface area contributed by atoms with Crippen LogP contribution in [-0.2, 0) is 28.9 Å². The van der Waals surface area contributed by atoms with E-state index in [2.05, 4.69) is 12.0 Å². The van der Waals surface area contributed by atoms with Crippen LogP contribution in [0, 0.1) is 5.92 Å². The lowest BCUT2D eigenvalue weighted by Crippen LogP contribution is -2.34. The summed E-state index contributed by atoms with van der Waals surface area (Å²) in [5.74, 6) is 0.287. The molecule has 3 rings (SSSR count). The molecule has 0 aliphatic heterocycles. The molecule has 0 amide bonds. The smallest absolute Gasteiger partial charge is 0.218 e. The number of thiophene rings is 1. The second-order valence-corrected chi connectivity index (χ2v) is 10.4. The topological polar surface area (TPSA) is 55.2 Å². The molecule has 2 aromatic heterocycles. The van der Waals surface area contributed by atoms with E-state index in [1.165, 1.54) is 0 Å². The number of hydrogen-bond acceptors (Lipinski definition) is 4. The van der Waals surface area contributed by atoms with Gasteiger partial charge in [0.1, 0.15) is 0 Å². The van der Waals surface area contributed by atoms with E-state index in [1.54, 1.807) is 15.6 Å². The number of nitrogens with zero attached hydrogens (tertiary/aromatic N) is 3. The second kappa shape index (κ2) is 9.03. The standard InChI is InChI=1S/C21H27N3O2S2/c1-4-23-14-19(12-22-23)21-11-10-20(27-21)15-24(13-17(2)3)28(25,26)16-18-8-6-5-7-9-18/h5-12,14,17H,4,13,15-16H2,1-3H3. The van der Waals surface area contributed by atoms with Crippen LogP contribution >= 0.6 is 11.3 Å². The van der Waals surface area contributed by atoms with E-state index in [0.717, 1.165) is 27.4 Å². The highest BCUT2D eigenvalue weighted by Crippen LogP contribution is 2.29. The minimum Gasteiger partial charge on any atom is -0.272 e. The third-order valence-corrected chi connectivity index (χ3v) is 7.27. The molecule has 1 aromatic carbocycles. The lowest BCUT2D eigenvalue weighted by molar-refractivity contribution is 0.364. The Bertz CT molecular complexity index is 992. The van der Waals surface area contributed by atoms with Gasteiger partial charge in [-0.2, -0.15) is 9.40 Å². The van der Waals surface area contributed by atoms with Crippen LogP contribution in [0.2, 0.25) is 0 Å². The van der Waals surface area contributed by atoms with Crippen LogP contribution in [0.5, 0.6) is 0 Å². The Balaban J connectivity index is 1.79. The monoisotopic (exact) mass is 417 g/mol. The first-order chi connectivity index (χ1) is 13.4. The molecule has 0 N–H and O–H groups in total. The van der Waals surface area contributed by atoms with E-state index < -0.39 is 10.0 Å². The Hall–Kier alpha value is -1.96. The second-order valence-electron chi connectivity index (χ2n) is 7.28. The van der Waals surface area contributed by atoms with Gasteiger partial charge in [0.2, 0.25) is 10.0 Å². The number of benzene rings is 1. The average Bonchev–Trinajstić information content (AvgIpc) is 3.30. The Morgan fingerprint density at radius 3 is 2.54 bits per heavy atom. The molecule has 0 fully saturated rings. The molecule has 0 bridgehead atoms. The molecule has 7 heteroatoms. The van der Waals surface area contributed by atoms with Gasteiger partial charge >= 0.3 is 0 Å². The van der Waals surface area contributed by atoms with Crippen LogP contribution in [0.1, 0.15) is 31.2 Å². The first-order valence-electron chi connectivity index (χ1n) is 9.50. The molecule has 0 saturated heterocycles. The zero-order valence-electron chi connectivity index (χ0n) is 16.6. The SMILES string of the molecule is CCn1cc(-c2ccc(CN(CC(C)C)S(=O)(=O)Cc3ccccc3)s2)cn1. The minimum absolute atomic E-state index is 0.0298. The zero-order valence-corrected chi connectivity index (χ0v) is 18.2. The van der Waals surface area contributed by atoms with Gasteiger partial charge in [-0.3, -0.25) is 4.68 Å². The molecule has 0 aliphatic carbocycles. The van der Waals surface area contributed by atoms with Crippen LogP contribution in [0.4, 0.5) is 0 Å². The van der Waals surface area contributed by atoms with Gasteiger partial charge in [-0.15, -0.1) is 11.3 Å². The largest absolute Gasteiger partial charge is 0.272 e. The molecule has 28 heavy (non-hydrogen) atoms. The first kappa shape index (κ1) is 20.8. The molecule has 0 spiro atoms. The predicted octanol–water partition coefficient (Wildman–Crippen LogP) is 4.62. The lowest BCUT2D eigenvalue weighted by atomic mass is 10.2. The van der Waals surface area contributed by atoms with Crippen LogP contribution in [0.15, 0.2) is 54.9 Å². The van der Waals surface area contributed by atoms with Crippen molar-refractivity contribution in [3.05, 3.63) is 65.3 Å². The summed E-state index contributed by atoms with van der Waals surface area (Å²) in [6.45, 7) is 7.89. The highest BCUT2D eigenvalue weighted by Gasteiger charge is 2.24. The summed E-state index contributed by atoms with van der Waals surface area (Å²) < 4.78 is 29.7. The summed E-state index contributed by atoms with van der Waals surface area (Å²) in [5.41, 5.74) is 1.88. The van der Waals surface area contributed by atoms with E-state index >= 15 is 0 Å². The van der Waals surface area contributed by atoms with Gasteiger partial charge in [-0.25, -0.2) is 8.42 Å². The summed E-state index contributed by atoms with van der Waals surface area (Å²) in [5, 5.41) is 4.32. The summed E-state index contributed by atoms with van der Waals surface area (Å²) in [4.78, 5) is 2.15. The van der Waals surface area contributed by atoms with E-state index in [-0.39, 0.29) is 11.7 Å². The van der Waals surface area contributed by atoms with Gasteiger partial charge in [0.05, 0.1) is 11.9 Å². The molecule has 2 heterocycles. The molecule has 3 aromatic rings. The van der Waals surface area contributed by atoms with E-state index in [4.69, 9.17) is 0 Å². The minimum atomic E-state index is -3.40. The van der Waals surface area contributed by atoms with Crippen molar-refractivity contribution in [1.29, 1.82) is 0 Å². The van der Waals surface area contributed by atoms with Gasteiger partial charge in [0, 0.05) is 41.1 Å².